The van der Waals surface area contributed by atoms with Gasteiger partial charge >= 0.3 is 0 Å². The van der Waals surface area contributed by atoms with Crippen LogP contribution in [0.15, 0.2) is 97.2 Å². The molecule has 6 heteroatoms. The molecule has 5 aromatic rings. The number of fused-ring (bicyclic) bond motifs is 2. The van der Waals surface area contributed by atoms with Crippen LogP contribution in [-0.4, -0.2) is 32.1 Å². The van der Waals surface area contributed by atoms with Crippen molar-refractivity contribution in [3.8, 4) is 16.9 Å². The van der Waals surface area contributed by atoms with E-state index >= 15 is 0 Å². The van der Waals surface area contributed by atoms with Gasteiger partial charge in [0.15, 0.2) is 0 Å². The molecule has 1 aliphatic heterocycles. The van der Waals surface area contributed by atoms with E-state index in [1.54, 1.807) is 11.1 Å². The molecule has 0 saturated carbocycles. The fourth-order valence-corrected chi connectivity index (χ4v) is 4.72. The first-order chi connectivity index (χ1) is 16.7. The van der Waals surface area contributed by atoms with Crippen LogP contribution >= 0.6 is 0 Å². The van der Waals surface area contributed by atoms with Crippen molar-refractivity contribution >= 4 is 16.8 Å². The molecular weight excluding hydrogens is 422 g/mol. The van der Waals surface area contributed by atoms with Gasteiger partial charge in [-0.2, -0.15) is 5.10 Å². The maximum absolute atomic E-state index is 13.5. The number of rotatable bonds is 3. The first-order valence-corrected chi connectivity index (χ1v) is 11.3. The molecule has 2 aromatic heterocycles. The number of aromatic nitrogens is 3. The lowest BCUT2D eigenvalue weighted by atomic mass is 9.97. The van der Waals surface area contributed by atoms with Crippen molar-refractivity contribution in [1.82, 2.24) is 19.7 Å². The van der Waals surface area contributed by atoms with Gasteiger partial charge in [-0.3, -0.25) is 9.78 Å². The lowest BCUT2D eigenvalue weighted by molar-refractivity contribution is 0.0662. The summed E-state index contributed by atoms with van der Waals surface area (Å²) in [5.41, 5.74) is 13.1. The average Bonchev–Trinajstić information content (AvgIpc) is 3.30. The molecule has 1 atom stereocenters. The fraction of sp³-hybridized carbons (Fsp3) is 0.107. The predicted molar refractivity (Wildman–Crippen MR) is 132 cm³/mol. The second-order valence-corrected chi connectivity index (χ2v) is 8.43. The zero-order chi connectivity index (χ0) is 23.1. The normalized spacial score (nSPS) is 15.3. The summed E-state index contributed by atoms with van der Waals surface area (Å²) in [6.45, 7) is 0.526. The molecule has 0 spiro atoms. The van der Waals surface area contributed by atoms with Gasteiger partial charge in [0.05, 0.1) is 16.9 Å². The highest BCUT2D eigenvalue weighted by atomic mass is 16.2. The smallest absolute Gasteiger partial charge is 0.255 e. The maximum atomic E-state index is 13.5. The van der Waals surface area contributed by atoms with Crippen molar-refractivity contribution in [2.24, 2.45) is 5.73 Å². The molecule has 0 unspecified atom stereocenters. The average molecular weight is 446 g/mol. The summed E-state index contributed by atoms with van der Waals surface area (Å²) in [4.78, 5) is 19.6. The lowest BCUT2D eigenvalue weighted by Gasteiger charge is -2.32. The van der Waals surface area contributed by atoms with Crippen molar-refractivity contribution in [3.05, 3.63) is 114 Å². The topological polar surface area (TPSA) is 77.0 Å². The number of pyridine rings is 1. The highest BCUT2D eigenvalue weighted by molar-refractivity contribution is 5.98. The molecule has 166 valence electrons. The van der Waals surface area contributed by atoms with Crippen molar-refractivity contribution in [3.63, 3.8) is 0 Å². The molecule has 3 aromatic carbocycles. The molecule has 0 aliphatic carbocycles. The van der Waals surface area contributed by atoms with Crippen LogP contribution in [0, 0.1) is 0 Å². The van der Waals surface area contributed by atoms with Gasteiger partial charge < -0.3 is 10.6 Å². The van der Waals surface area contributed by atoms with Gasteiger partial charge in [-0.05, 0) is 42.8 Å². The van der Waals surface area contributed by atoms with E-state index in [-0.39, 0.29) is 5.91 Å². The lowest BCUT2D eigenvalue weighted by Crippen LogP contribution is -2.44. The molecule has 1 amide bonds. The highest BCUT2D eigenvalue weighted by Gasteiger charge is 2.34. The SMILES string of the molecule is N[C@H]1c2nn(-c3ccccc3)c(-c3ccccc3)c2CCN1C(=O)c1ccc2ncccc2c1. The molecule has 6 nitrogen and oxygen atoms in total. The van der Waals surface area contributed by atoms with Crippen molar-refractivity contribution in [1.29, 1.82) is 0 Å². The molecule has 34 heavy (non-hydrogen) atoms. The zero-order valence-corrected chi connectivity index (χ0v) is 18.5. The van der Waals surface area contributed by atoms with Crippen LogP contribution in [0.1, 0.15) is 27.8 Å². The minimum Gasteiger partial charge on any atom is -0.317 e. The number of nitrogens with zero attached hydrogens (tertiary/aromatic N) is 4. The number of carbonyl (C=O) groups is 1. The maximum Gasteiger partial charge on any atom is 0.255 e. The fourth-order valence-electron chi connectivity index (χ4n) is 4.72. The monoisotopic (exact) mass is 445 g/mol. The number of hydrogen-bond donors (Lipinski definition) is 1. The molecule has 0 saturated heterocycles. The highest BCUT2D eigenvalue weighted by Crippen LogP contribution is 2.36. The van der Waals surface area contributed by atoms with Gasteiger partial charge in [-0.15, -0.1) is 0 Å². The van der Waals surface area contributed by atoms with Crippen LogP contribution in [0.2, 0.25) is 0 Å². The van der Waals surface area contributed by atoms with Gasteiger partial charge in [-0.1, -0.05) is 54.6 Å². The van der Waals surface area contributed by atoms with Crippen LogP contribution in [-0.2, 0) is 6.42 Å². The molecule has 0 fully saturated rings. The Kier molecular flexibility index (Phi) is 4.93. The standard InChI is InChI=1S/C28H23N5O/c29-27-25-23(15-17-32(27)28(34)21-13-14-24-20(18-21)10-7-16-30-24)26(19-8-3-1-4-9-19)33(31-25)22-11-5-2-6-12-22/h1-14,16,18,27H,15,17,29H2/t27-/m1/s1. The van der Waals surface area contributed by atoms with Gasteiger partial charge in [0, 0.05) is 34.8 Å². The van der Waals surface area contributed by atoms with E-state index in [1.807, 2.05) is 83.5 Å². The van der Waals surface area contributed by atoms with E-state index in [1.165, 1.54) is 0 Å². The Labute approximate surface area is 197 Å². The van der Waals surface area contributed by atoms with E-state index in [0.29, 0.717) is 18.5 Å². The van der Waals surface area contributed by atoms with E-state index < -0.39 is 6.17 Å². The van der Waals surface area contributed by atoms with Gasteiger partial charge in [0.2, 0.25) is 0 Å². The van der Waals surface area contributed by atoms with Crippen molar-refractivity contribution < 1.29 is 4.79 Å². The summed E-state index contributed by atoms with van der Waals surface area (Å²) in [5, 5.41) is 5.87. The number of hydrogen-bond acceptors (Lipinski definition) is 4. The van der Waals surface area contributed by atoms with Gasteiger partial charge in [-0.25, -0.2) is 4.68 Å². The van der Waals surface area contributed by atoms with Gasteiger partial charge in [0.25, 0.3) is 5.91 Å². The van der Waals surface area contributed by atoms with Crippen LogP contribution in [0.4, 0.5) is 0 Å². The van der Waals surface area contributed by atoms with E-state index in [2.05, 4.69) is 17.1 Å². The Morgan fingerprint density at radius 3 is 2.47 bits per heavy atom. The van der Waals surface area contributed by atoms with E-state index in [0.717, 1.165) is 39.1 Å². The summed E-state index contributed by atoms with van der Waals surface area (Å²) in [7, 11) is 0. The number of benzene rings is 3. The van der Waals surface area contributed by atoms with Crippen LogP contribution < -0.4 is 5.73 Å². The third kappa shape index (κ3) is 3.36. The molecule has 3 heterocycles. The molecule has 2 N–H and O–H groups in total. The predicted octanol–water partition coefficient (Wildman–Crippen LogP) is 4.74. The summed E-state index contributed by atoms with van der Waals surface area (Å²) >= 11 is 0. The quantitative estimate of drug-likeness (QED) is 0.435. The first-order valence-electron chi connectivity index (χ1n) is 11.3. The summed E-state index contributed by atoms with van der Waals surface area (Å²) in [5.74, 6) is -0.0978. The minimum absolute atomic E-state index is 0.0978. The van der Waals surface area contributed by atoms with Crippen molar-refractivity contribution in [2.75, 3.05) is 6.54 Å². The number of para-hydroxylation sites is 1. The third-order valence-electron chi connectivity index (χ3n) is 6.39. The van der Waals surface area contributed by atoms with E-state index in [9.17, 15) is 4.79 Å². The molecule has 1 aliphatic rings. The van der Waals surface area contributed by atoms with Gasteiger partial charge in [0.1, 0.15) is 11.9 Å². The van der Waals surface area contributed by atoms with Crippen LogP contribution in [0.5, 0.6) is 0 Å². The van der Waals surface area contributed by atoms with Crippen LogP contribution in [0.3, 0.4) is 0 Å². The molecule has 0 bridgehead atoms. The Bertz CT molecular complexity index is 1490. The number of carbonyl (C=O) groups excluding carboxylic acids is 1. The Balaban J connectivity index is 1.42. The Morgan fingerprint density at radius 2 is 1.68 bits per heavy atom. The Morgan fingerprint density at radius 1 is 0.912 bits per heavy atom. The second-order valence-electron chi connectivity index (χ2n) is 8.43. The summed E-state index contributed by atoms with van der Waals surface area (Å²) in [6, 6.07) is 29.7. The molecule has 6 rings (SSSR count). The van der Waals surface area contributed by atoms with Crippen molar-refractivity contribution in [2.45, 2.75) is 12.6 Å². The number of amides is 1. The van der Waals surface area contributed by atoms with E-state index in [4.69, 9.17) is 10.8 Å². The molecule has 0 radical (unpaired) electrons. The third-order valence-corrected chi connectivity index (χ3v) is 6.39. The molecular formula is C28H23N5O. The minimum atomic E-state index is -0.631. The largest absolute Gasteiger partial charge is 0.317 e. The Hall–Kier alpha value is -4.29. The van der Waals surface area contributed by atoms with Crippen LogP contribution in [0.25, 0.3) is 27.8 Å². The first kappa shape index (κ1) is 20.3. The second kappa shape index (κ2) is 8.24. The zero-order valence-electron chi connectivity index (χ0n) is 18.5. The summed E-state index contributed by atoms with van der Waals surface area (Å²) < 4.78 is 1.95. The summed E-state index contributed by atoms with van der Waals surface area (Å²) in [6.07, 6.45) is 1.80. The number of nitrogens with two attached hydrogens (primary N) is 1.